The second-order valence-electron chi connectivity index (χ2n) is 5.38. The van der Waals surface area contributed by atoms with Crippen LogP contribution in [0.2, 0.25) is 0 Å². The standard InChI is InChI=1S/C14H20BrNO2/c1-13(2,3)18-12(17)14(4,16-5)10-6-8-11(15)9-7-10/h6-9,16H,1-5H3. The SMILES string of the molecule is CNC(C)(C(=O)OC(C)(C)C)c1ccc(Br)cc1. The van der Waals surface area contributed by atoms with Gasteiger partial charge < -0.3 is 10.1 Å². The van der Waals surface area contributed by atoms with Crippen LogP contribution in [-0.2, 0) is 15.1 Å². The molecular weight excluding hydrogens is 294 g/mol. The molecule has 0 spiro atoms. The molecule has 0 aliphatic rings. The number of halogens is 1. The first-order valence-electron chi connectivity index (χ1n) is 5.87. The van der Waals surface area contributed by atoms with E-state index in [-0.39, 0.29) is 5.97 Å². The van der Waals surface area contributed by atoms with Gasteiger partial charge in [-0.05, 0) is 52.4 Å². The molecule has 1 aromatic rings. The van der Waals surface area contributed by atoms with E-state index in [1.54, 1.807) is 7.05 Å². The average molecular weight is 314 g/mol. The number of rotatable bonds is 3. The lowest BCUT2D eigenvalue weighted by Crippen LogP contribution is -2.48. The molecule has 0 heterocycles. The quantitative estimate of drug-likeness (QED) is 0.871. The van der Waals surface area contributed by atoms with Crippen LogP contribution in [0, 0.1) is 0 Å². The lowest BCUT2D eigenvalue weighted by molar-refractivity contribution is -0.162. The van der Waals surface area contributed by atoms with Crippen LogP contribution in [-0.4, -0.2) is 18.6 Å². The van der Waals surface area contributed by atoms with E-state index in [0.717, 1.165) is 10.0 Å². The molecule has 100 valence electrons. The van der Waals surface area contributed by atoms with Gasteiger partial charge in [-0.15, -0.1) is 0 Å². The molecule has 3 nitrogen and oxygen atoms in total. The first kappa shape index (κ1) is 15.2. The monoisotopic (exact) mass is 313 g/mol. The fourth-order valence-corrected chi connectivity index (χ4v) is 1.79. The van der Waals surface area contributed by atoms with Crippen molar-refractivity contribution in [3.05, 3.63) is 34.3 Å². The van der Waals surface area contributed by atoms with Crippen molar-refractivity contribution in [3.8, 4) is 0 Å². The minimum Gasteiger partial charge on any atom is -0.458 e. The number of carbonyl (C=O) groups is 1. The summed E-state index contributed by atoms with van der Waals surface area (Å²) in [5.74, 6) is -0.278. The third kappa shape index (κ3) is 3.56. The molecule has 4 heteroatoms. The van der Waals surface area contributed by atoms with Crippen LogP contribution in [0.4, 0.5) is 0 Å². The second kappa shape index (κ2) is 5.41. The third-order valence-corrected chi connectivity index (χ3v) is 3.26. The Morgan fingerprint density at radius 1 is 1.17 bits per heavy atom. The Hall–Kier alpha value is -0.870. The van der Waals surface area contributed by atoms with Gasteiger partial charge in [0.1, 0.15) is 11.1 Å². The van der Waals surface area contributed by atoms with E-state index in [2.05, 4.69) is 21.2 Å². The van der Waals surface area contributed by atoms with Gasteiger partial charge in [0.05, 0.1) is 0 Å². The molecule has 0 saturated carbocycles. The van der Waals surface area contributed by atoms with Gasteiger partial charge in [-0.1, -0.05) is 28.1 Å². The molecule has 1 N–H and O–H groups in total. The Morgan fingerprint density at radius 2 is 1.67 bits per heavy atom. The summed E-state index contributed by atoms with van der Waals surface area (Å²) in [6, 6.07) is 7.64. The summed E-state index contributed by atoms with van der Waals surface area (Å²) in [5, 5.41) is 3.05. The summed E-state index contributed by atoms with van der Waals surface area (Å²) in [5.41, 5.74) is -0.458. The van der Waals surface area contributed by atoms with Crippen LogP contribution in [0.3, 0.4) is 0 Å². The number of ether oxygens (including phenoxy) is 1. The van der Waals surface area contributed by atoms with Crippen LogP contribution in [0.5, 0.6) is 0 Å². The third-order valence-electron chi connectivity index (χ3n) is 2.73. The summed E-state index contributed by atoms with van der Waals surface area (Å²) in [6.45, 7) is 7.41. The number of benzene rings is 1. The number of hydrogen-bond acceptors (Lipinski definition) is 3. The maximum Gasteiger partial charge on any atom is 0.331 e. The van der Waals surface area contributed by atoms with Crippen LogP contribution >= 0.6 is 15.9 Å². The normalized spacial score (nSPS) is 15.0. The van der Waals surface area contributed by atoms with Crippen molar-refractivity contribution in [2.45, 2.75) is 38.8 Å². The largest absolute Gasteiger partial charge is 0.458 e. The van der Waals surface area contributed by atoms with Gasteiger partial charge in [0, 0.05) is 4.47 Å². The Balaban J connectivity index is 3.05. The van der Waals surface area contributed by atoms with Gasteiger partial charge in [-0.3, -0.25) is 0 Å². The molecule has 18 heavy (non-hydrogen) atoms. The highest BCUT2D eigenvalue weighted by Crippen LogP contribution is 2.26. The van der Waals surface area contributed by atoms with E-state index < -0.39 is 11.1 Å². The molecule has 1 aromatic carbocycles. The topological polar surface area (TPSA) is 38.3 Å². The van der Waals surface area contributed by atoms with E-state index in [9.17, 15) is 4.79 Å². The van der Waals surface area contributed by atoms with E-state index in [1.165, 1.54) is 0 Å². The highest BCUT2D eigenvalue weighted by Gasteiger charge is 2.37. The van der Waals surface area contributed by atoms with Crippen molar-refractivity contribution in [2.75, 3.05) is 7.05 Å². The Morgan fingerprint density at radius 3 is 2.06 bits per heavy atom. The number of carbonyl (C=O) groups excluding carboxylic acids is 1. The van der Waals surface area contributed by atoms with Crippen molar-refractivity contribution in [2.24, 2.45) is 0 Å². The van der Waals surface area contributed by atoms with Crippen molar-refractivity contribution in [1.82, 2.24) is 5.32 Å². The average Bonchev–Trinajstić information content (AvgIpc) is 2.26. The van der Waals surface area contributed by atoms with E-state index in [0.29, 0.717) is 0 Å². The van der Waals surface area contributed by atoms with E-state index >= 15 is 0 Å². The molecule has 0 aliphatic heterocycles. The molecule has 0 bridgehead atoms. The van der Waals surface area contributed by atoms with Gasteiger partial charge in [-0.2, -0.15) is 0 Å². The number of hydrogen-bond donors (Lipinski definition) is 1. The lowest BCUT2D eigenvalue weighted by Gasteiger charge is -2.31. The van der Waals surface area contributed by atoms with Gasteiger partial charge >= 0.3 is 5.97 Å². The fourth-order valence-electron chi connectivity index (χ4n) is 1.53. The molecule has 0 radical (unpaired) electrons. The van der Waals surface area contributed by atoms with Crippen LogP contribution in [0.1, 0.15) is 33.3 Å². The van der Waals surface area contributed by atoms with Crippen molar-refractivity contribution in [3.63, 3.8) is 0 Å². The Kier molecular flexibility index (Phi) is 4.56. The van der Waals surface area contributed by atoms with Crippen molar-refractivity contribution < 1.29 is 9.53 Å². The fraction of sp³-hybridized carbons (Fsp3) is 0.500. The zero-order valence-electron chi connectivity index (χ0n) is 11.5. The zero-order chi connectivity index (χ0) is 14.0. The van der Waals surface area contributed by atoms with Crippen molar-refractivity contribution in [1.29, 1.82) is 0 Å². The highest BCUT2D eigenvalue weighted by atomic mass is 79.9. The van der Waals surface area contributed by atoms with Gasteiger partial charge in [0.15, 0.2) is 0 Å². The van der Waals surface area contributed by atoms with Crippen LogP contribution < -0.4 is 5.32 Å². The molecule has 0 amide bonds. The maximum absolute atomic E-state index is 12.3. The van der Waals surface area contributed by atoms with Gasteiger partial charge in [0.25, 0.3) is 0 Å². The molecule has 1 unspecified atom stereocenters. The molecule has 0 saturated heterocycles. The molecule has 1 rings (SSSR count). The van der Waals surface area contributed by atoms with E-state index in [4.69, 9.17) is 4.74 Å². The Bertz CT molecular complexity index is 422. The second-order valence-corrected chi connectivity index (χ2v) is 6.30. The predicted octanol–water partition coefficient (Wildman–Crippen LogP) is 3.23. The Labute approximate surface area is 117 Å². The van der Waals surface area contributed by atoms with Crippen molar-refractivity contribution >= 4 is 21.9 Å². The number of esters is 1. The number of likely N-dealkylation sites (N-methyl/N-ethyl adjacent to an activating group) is 1. The minimum absolute atomic E-state index is 0.278. The first-order chi connectivity index (χ1) is 8.19. The van der Waals surface area contributed by atoms with E-state index in [1.807, 2.05) is 52.0 Å². The molecule has 0 aliphatic carbocycles. The predicted molar refractivity (Wildman–Crippen MR) is 76.4 cm³/mol. The molecule has 0 fully saturated rings. The number of nitrogens with one attached hydrogen (secondary N) is 1. The van der Waals surface area contributed by atoms with Crippen LogP contribution in [0.15, 0.2) is 28.7 Å². The summed E-state index contributed by atoms with van der Waals surface area (Å²) >= 11 is 3.38. The first-order valence-corrected chi connectivity index (χ1v) is 6.67. The lowest BCUT2D eigenvalue weighted by atomic mass is 9.92. The molecule has 1 atom stereocenters. The summed E-state index contributed by atoms with van der Waals surface area (Å²) in [7, 11) is 1.76. The highest BCUT2D eigenvalue weighted by molar-refractivity contribution is 9.10. The summed E-state index contributed by atoms with van der Waals surface area (Å²) in [6.07, 6.45) is 0. The smallest absolute Gasteiger partial charge is 0.331 e. The zero-order valence-corrected chi connectivity index (χ0v) is 13.1. The maximum atomic E-state index is 12.3. The minimum atomic E-state index is -0.839. The molecular formula is C14H20BrNO2. The molecule has 0 aromatic heterocycles. The van der Waals surface area contributed by atoms with Crippen LogP contribution in [0.25, 0.3) is 0 Å². The summed E-state index contributed by atoms with van der Waals surface area (Å²) < 4.78 is 6.45. The van der Waals surface area contributed by atoms with Gasteiger partial charge in [-0.25, -0.2) is 4.79 Å². The van der Waals surface area contributed by atoms with Gasteiger partial charge in [0.2, 0.25) is 0 Å². The summed E-state index contributed by atoms with van der Waals surface area (Å²) in [4.78, 5) is 12.3.